The molecule has 0 aliphatic carbocycles. The highest BCUT2D eigenvalue weighted by Gasteiger charge is 2.18. The molecule has 19 heavy (non-hydrogen) atoms. The molecule has 0 saturated carbocycles. The predicted molar refractivity (Wildman–Crippen MR) is 75.2 cm³/mol. The van der Waals surface area contributed by atoms with Crippen LogP contribution in [0.1, 0.15) is 37.0 Å². The zero-order valence-electron chi connectivity index (χ0n) is 12.1. The first-order chi connectivity index (χ1) is 8.86. The molecule has 0 aromatic heterocycles. The fraction of sp³-hybridized carbons (Fsp3) is 0.533. The molecule has 0 aliphatic rings. The van der Waals surface area contributed by atoms with E-state index in [2.05, 4.69) is 5.32 Å². The molecule has 0 radical (unpaired) electrons. The number of hydrogen-bond donors (Lipinski definition) is 2. The third kappa shape index (κ3) is 4.03. The van der Waals surface area contributed by atoms with Crippen LogP contribution in [0.4, 0.5) is 4.39 Å². The van der Waals surface area contributed by atoms with Gasteiger partial charge >= 0.3 is 0 Å². The molecule has 1 aromatic rings. The van der Waals surface area contributed by atoms with Gasteiger partial charge in [-0.25, -0.2) is 4.39 Å². The summed E-state index contributed by atoms with van der Waals surface area (Å²) in [5.74, 6) is -0.197. The van der Waals surface area contributed by atoms with Gasteiger partial charge in [-0.15, -0.1) is 0 Å². The van der Waals surface area contributed by atoms with Crippen molar-refractivity contribution in [2.45, 2.75) is 46.7 Å². The zero-order valence-corrected chi connectivity index (χ0v) is 12.1. The number of halogens is 1. The number of nitrogens with one attached hydrogen (secondary N) is 1. The summed E-state index contributed by atoms with van der Waals surface area (Å²) in [6.07, 6.45) is 0.864. The molecule has 106 valence electrons. The Kier molecular flexibility index (Phi) is 5.48. The second kappa shape index (κ2) is 6.66. The lowest BCUT2D eigenvalue weighted by Crippen LogP contribution is -2.44. The van der Waals surface area contributed by atoms with Gasteiger partial charge in [0.25, 0.3) is 0 Å². The number of hydrogen-bond acceptors (Lipinski definition) is 2. The maximum Gasteiger partial charge on any atom is 0.237 e. The monoisotopic (exact) mass is 266 g/mol. The SMILES string of the molecule is CCC(C)[C@H](N)C(=O)NCc1cc(C)c(F)c(C)c1. The Morgan fingerprint density at radius 3 is 2.37 bits per heavy atom. The van der Waals surface area contributed by atoms with E-state index in [4.69, 9.17) is 5.73 Å². The summed E-state index contributed by atoms with van der Waals surface area (Å²) in [5.41, 5.74) is 7.92. The summed E-state index contributed by atoms with van der Waals surface area (Å²) in [5, 5.41) is 2.80. The van der Waals surface area contributed by atoms with Gasteiger partial charge in [-0.1, -0.05) is 32.4 Å². The van der Waals surface area contributed by atoms with Crippen molar-refractivity contribution in [2.75, 3.05) is 0 Å². The number of aryl methyl sites for hydroxylation is 2. The molecule has 1 aromatic carbocycles. The molecule has 2 atom stereocenters. The topological polar surface area (TPSA) is 55.1 Å². The van der Waals surface area contributed by atoms with Crippen LogP contribution in [0.25, 0.3) is 0 Å². The van der Waals surface area contributed by atoms with Crippen LogP contribution in [0.2, 0.25) is 0 Å². The molecule has 0 heterocycles. The highest BCUT2D eigenvalue weighted by atomic mass is 19.1. The predicted octanol–water partition coefficient (Wildman–Crippen LogP) is 2.43. The fourth-order valence-corrected chi connectivity index (χ4v) is 1.96. The van der Waals surface area contributed by atoms with Gasteiger partial charge in [-0.3, -0.25) is 4.79 Å². The lowest BCUT2D eigenvalue weighted by atomic mass is 9.99. The minimum atomic E-state index is -0.493. The molecule has 0 spiro atoms. The van der Waals surface area contributed by atoms with Gasteiger partial charge in [-0.2, -0.15) is 0 Å². The standard InChI is InChI=1S/C15H23FN2O/c1-5-9(2)14(17)15(19)18-8-12-6-10(3)13(16)11(4)7-12/h6-7,9,14H,5,8,17H2,1-4H3,(H,18,19)/t9?,14-/m0/s1. The summed E-state index contributed by atoms with van der Waals surface area (Å²) < 4.78 is 13.5. The largest absolute Gasteiger partial charge is 0.351 e. The molecule has 3 nitrogen and oxygen atoms in total. The van der Waals surface area contributed by atoms with E-state index in [-0.39, 0.29) is 17.6 Å². The highest BCUT2D eigenvalue weighted by Crippen LogP contribution is 2.14. The van der Waals surface area contributed by atoms with Crippen LogP contribution in [0, 0.1) is 25.6 Å². The van der Waals surface area contributed by atoms with Crippen molar-refractivity contribution in [3.8, 4) is 0 Å². The fourth-order valence-electron chi connectivity index (χ4n) is 1.96. The molecule has 3 N–H and O–H groups in total. The van der Waals surface area contributed by atoms with Crippen LogP contribution >= 0.6 is 0 Å². The first kappa shape index (κ1) is 15.6. The number of rotatable bonds is 5. The average molecular weight is 266 g/mol. The molecule has 0 saturated heterocycles. The summed E-state index contributed by atoms with van der Waals surface area (Å²) in [7, 11) is 0. The van der Waals surface area contributed by atoms with Gasteiger partial charge in [-0.05, 0) is 36.5 Å². The molecular formula is C15H23FN2O. The molecule has 4 heteroatoms. The van der Waals surface area contributed by atoms with Crippen molar-refractivity contribution in [1.82, 2.24) is 5.32 Å². The van der Waals surface area contributed by atoms with Crippen molar-refractivity contribution < 1.29 is 9.18 Å². The van der Waals surface area contributed by atoms with E-state index in [1.54, 1.807) is 26.0 Å². The van der Waals surface area contributed by atoms with Gasteiger partial charge in [0.1, 0.15) is 5.82 Å². The summed E-state index contributed by atoms with van der Waals surface area (Å²) in [6, 6.07) is 3.00. The lowest BCUT2D eigenvalue weighted by molar-refractivity contribution is -0.123. The van der Waals surface area contributed by atoms with Crippen molar-refractivity contribution in [3.05, 3.63) is 34.6 Å². The Morgan fingerprint density at radius 2 is 1.89 bits per heavy atom. The molecule has 0 aliphatic heterocycles. The quantitative estimate of drug-likeness (QED) is 0.860. The normalized spacial score (nSPS) is 14.0. The second-order valence-corrected chi connectivity index (χ2v) is 5.17. The van der Waals surface area contributed by atoms with Crippen molar-refractivity contribution in [1.29, 1.82) is 0 Å². The molecule has 0 bridgehead atoms. The first-order valence-electron chi connectivity index (χ1n) is 6.65. The molecule has 0 fully saturated rings. The van der Waals surface area contributed by atoms with E-state index in [1.807, 2.05) is 13.8 Å². The maximum absolute atomic E-state index is 13.5. The van der Waals surface area contributed by atoms with Gasteiger partial charge < -0.3 is 11.1 Å². The maximum atomic E-state index is 13.5. The zero-order chi connectivity index (χ0) is 14.6. The van der Waals surface area contributed by atoms with Gasteiger partial charge in [0.2, 0.25) is 5.91 Å². The minimum Gasteiger partial charge on any atom is -0.351 e. The van der Waals surface area contributed by atoms with Crippen molar-refractivity contribution in [3.63, 3.8) is 0 Å². The Bertz CT molecular complexity index is 436. The van der Waals surface area contributed by atoms with Crippen LogP contribution in [0.15, 0.2) is 12.1 Å². The summed E-state index contributed by atoms with van der Waals surface area (Å²) in [6.45, 7) is 7.78. The van der Waals surface area contributed by atoms with E-state index in [1.165, 1.54) is 0 Å². The Labute approximate surface area is 114 Å². The van der Waals surface area contributed by atoms with Crippen LogP contribution < -0.4 is 11.1 Å². The van der Waals surface area contributed by atoms with E-state index in [0.717, 1.165) is 12.0 Å². The molecular weight excluding hydrogens is 243 g/mol. The molecule has 1 rings (SSSR count). The van der Waals surface area contributed by atoms with Crippen LogP contribution in [0.5, 0.6) is 0 Å². The number of nitrogens with two attached hydrogens (primary N) is 1. The minimum absolute atomic E-state index is 0.150. The van der Waals surface area contributed by atoms with E-state index >= 15 is 0 Å². The number of amides is 1. The third-order valence-corrected chi connectivity index (χ3v) is 3.52. The second-order valence-electron chi connectivity index (χ2n) is 5.17. The number of carbonyl (C=O) groups is 1. The Hall–Kier alpha value is -1.42. The van der Waals surface area contributed by atoms with Crippen molar-refractivity contribution >= 4 is 5.91 Å². The smallest absolute Gasteiger partial charge is 0.237 e. The first-order valence-corrected chi connectivity index (χ1v) is 6.65. The Morgan fingerprint density at radius 1 is 1.37 bits per heavy atom. The third-order valence-electron chi connectivity index (χ3n) is 3.52. The molecule has 1 amide bonds. The lowest BCUT2D eigenvalue weighted by Gasteiger charge is -2.18. The van der Waals surface area contributed by atoms with E-state index < -0.39 is 6.04 Å². The highest BCUT2D eigenvalue weighted by molar-refractivity contribution is 5.81. The summed E-state index contributed by atoms with van der Waals surface area (Å²) in [4.78, 5) is 11.8. The summed E-state index contributed by atoms with van der Waals surface area (Å²) >= 11 is 0. The van der Waals surface area contributed by atoms with Crippen LogP contribution in [-0.4, -0.2) is 11.9 Å². The average Bonchev–Trinajstić information content (AvgIpc) is 2.40. The van der Waals surface area contributed by atoms with Crippen LogP contribution in [-0.2, 0) is 11.3 Å². The van der Waals surface area contributed by atoms with Gasteiger partial charge in [0.15, 0.2) is 0 Å². The van der Waals surface area contributed by atoms with E-state index in [9.17, 15) is 9.18 Å². The molecule has 1 unspecified atom stereocenters. The van der Waals surface area contributed by atoms with E-state index in [0.29, 0.717) is 17.7 Å². The van der Waals surface area contributed by atoms with Crippen LogP contribution in [0.3, 0.4) is 0 Å². The number of carbonyl (C=O) groups excluding carboxylic acids is 1. The van der Waals surface area contributed by atoms with Gasteiger partial charge in [0.05, 0.1) is 6.04 Å². The van der Waals surface area contributed by atoms with Gasteiger partial charge in [0, 0.05) is 6.54 Å². The Balaban J connectivity index is 2.65. The van der Waals surface area contributed by atoms with Crippen molar-refractivity contribution in [2.24, 2.45) is 11.7 Å². The number of benzene rings is 1.